The number of benzene rings is 3. The van der Waals surface area contributed by atoms with E-state index >= 15 is 0 Å². The summed E-state index contributed by atoms with van der Waals surface area (Å²) in [6.07, 6.45) is 1.68. The quantitative estimate of drug-likeness (QED) is 0.125. The highest BCUT2D eigenvalue weighted by Crippen LogP contribution is 2.23. The van der Waals surface area contributed by atoms with Crippen LogP contribution < -0.4 is 10.9 Å². The van der Waals surface area contributed by atoms with Gasteiger partial charge in [0, 0.05) is 37.0 Å². The van der Waals surface area contributed by atoms with Gasteiger partial charge in [-0.2, -0.15) is 5.10 Å². The van der Waals surface area contributed by atoms with Crippen molar-refractivity contribution >= 4 is 56.5 Å². The number of aromatic nitrogens is 2. The van der Waals surface area contributed by atoms with Gasteiger partial charge in [0.1, 0.15) is 6.54 Å². The summed E-state index contributed by atoms with van der Waals surface area (Å²) in [5, 5.41) is 5.42. The van der Waals surface area contributed by atoms with Crippen molar-refractivity contribution in [1.29, 1.82) is 0 Å². The number of carbonyl (C=O) groups is 1. The SMILES string of the molecule is Cc1cc(-n2c(C)cc(C=NNC(=O)Cn3c4ccccc4c(=O)c4ccccc43)c2C)ccc1I. The molecule has 0 saturated carbocycles. The molecule has 0 fully saturated rings. The molecule has 2 aromatic heterocycles. The summed E-state index contributed by atoms with van der Waals surface area (Å²) in [7, 11) is 0. The first kappa shape index (κ1) is 24.0. The van der Waals surface area contributed by atoms with Gasteiger partial charge in [-0.1, -0.05) is 24.3 Å². The molecular weight excluding hydrogens is 563 g/mol. The highest BCUT2D eigenvalue weighted by Gasteiger charge is 2.13. The van der Waals surface area contributed by atoms with E-state index in [0.717, 1.165) is 33.7 Å². The minimum absolute atomic E-state index is 0.0328. The number of halogens is 1. The molecule has 3 aromatic carbocycles. The molecule has 1 N–H and O–H groups in total. The number of amides is 1. The lowest BCUT2D eigenvalue weighted by atomic mass is 10.1. The molecule has 0 aliphatic rings. The van der Waals surface area contributed by atoms with Gasteiger partial charge in [0.05, 0.1) is 17.2 Å². The van der Waals surface area contributed by atoms with Crippen LogP contribution in [0.15, 0.2) is 82.7 Å². The number of hydrogen-bond donors (Lipinski definition) is 1. The number of carbonyl (C=O) groups excluding carboxylic acids is 1. The van der Waals surface area contributed by atoms with Crippen LogP contribution in [0.5, 0.6) is 0 Å². The van der Waals surface area contributed by atoms with Gasteiger partial charge in [-0.15, -0.1) is 0 Å². The Morgan fingerprint density at radius 1 is 0.944 bits per heavy atom. The second-order valence-electron chi connectivity index (χ2n) is 8.84. The van der Waals surface area contributed by atoms with E-state index in [1.54, 1.807) is 18.3 Å². The highest BCUT2D eigenvalue weighted by molar-refractivity contribution is 14.1. The summed E-state index contributed by atoms with van der Waals surface area (Å²) in [6.45, 7) is 6.25. The number of hydrazone groups is 1. The monoisotopic (exact) mass is 588 g/mol. The van der Waals surface area contributed by atoms with E-state index in [9.17, 15) is 9.59 Å². The van der Waals surface area contributed by atoms with Gasteiger partial charge in [0.25, 0.3) is 5.91 Å². The minimum Gasteiger partial charge on any atom is -0.331 e. The average molecular weight is 588 g/mol. The Bertz CT molecular complexity index is 1670. The maximum absolute atomic E-state index is 12.9. The van der Waals surface area contributed by atoms with Crippen molar-refractivity contribution in [1.82, 2.24) is 14.6 Å². The summed E-state index contributed by atoms with van der Waals surface area (Å²) >= 11 is 2.34. The van der Waals surface area contributed by atoms with E-state index in [2.05, 4.69) is 75.8 Å². The Kier molecular flexibility index (Phi) is 6.49. The van der Waals surface area contributed by atoms with Crippen molar-refractivity contribution in [2.45, 2.75) is 27.3 Å². The molecule has 0 aliphatic carbocycles. The Hall–Kier alpha value is -3.72. The molecule has 180 valence electrons. The molecule has 7 heteroatoms. The number of aryl methyl sites for hydroxylation is 2. The summed E-state index contributed by atoms with van der Waals surface area (Å²) in [4.78, 5) is 25.8. The maximum Gasteiger partial charge on any atom is 0.260 e. The Labute approximate surface area is 222 Å². The Balaban J connectivity index is 1.40. The van der Waals surface area contributed by atoms with Gasteiger partial charge in [-0.3, -0.25) is 9.59 Å². The summed E-state index contributed by atoms with van der Waals surface area (Å²) in [5.41, 5.74) is 9.46. The van der Waals surface area contributed by atoms with Crippen LogP contribution in [-0.4, -0.2) is 21.3 Å². The zero-order chi connectivity index (χ0) is 25.4. The predicted molar refractivity (Wildman–Crippen MR) is 154 cm³/mol. The molecule has 2 heterocycles. The molecule has 6 nitrogen and oxygen atoms in total. The van der Waals surface area contributed by atoms with E-state index in [4.69, 9.17) is 0 Å². The Morgan fingerprint density at radius 3 is 2.22 bits per heavy atom. The van der Waals surface area contributed by atoms with Crippen LogP contribution in [0.3, 0.4) is 0 Å². The number of rotatable bonds is 5. The smallest absolute Gasteiger partial charge is 0.260 e. The molecular formula is C29H25IN4O2. The van der Waals surface area contributed by atoms with Gasteiger partial charge in [0.15, 0.2) is 5.43 Å². The summed E-state index contributed by atoms with van der Waals surface area (Å²) in [6, 6.07) is 23.2. The number of fused-ring (bicyclic) bond motifs is 2. The number of nitrogens with one attached hydrogen (secondary N) is 1. The number of hydrogen-bond acceptors (Lipinski definition) is 3. The third-order valence-electron chi connectivity index (χ3n) is 6.44. The number of nitrogens with zero attached hydrogens (tertiary/aromatic N) is 3. The van der Waals surface area contributed by atoms with E-state index < -0.39 is 0 Å². The molecule has 1 amide bonds. The van der Waals surface area contributed by atoms with Gasteiger partial charge in [0.2, 0.25) is 0 Å². The van der Waals surface area contributed by atoms with Gasteiger partial charge in [-0.05, 0) is 97.5 Å². The van der Waals surface area contributed by atoms with Crippen LogP contribution in [0.1, 0.15) is 22.5 Å². The van der Waals surface area contributed by atoms with Crippen LogP contribution in [0, 0.1) is 24.3 Å². The van der Waals surface area contributed by atoms with E-state index in [-0.39, 0.29) is 17.9 Å². The largest absolute Gasteiger partial charge is 0.331 e. The van der Waals surface area contributed by atoms with Gasteiger partial charge < -0.3 is 9.13 Å². The normalized spacial score (nSPS) is 11.6. The van der Waals surface area contributed by atoms with Crippen molar-refractivity contribution in [3.05, 3.63) is 109 Å². The van der Waals surface area contributed by atoms with E-state index in [0.29, 0.717) is 10.8 Å². The highest BCUT2D eigenvalue weighted by atomic mass is 127. The van der Waals surface area contributed by atoms with Crippen molar-refractivity contribution in [2.75, 3.05) is 0 Å². The van der Waals surface area contributed by atoms with E-state index in [1.807, 2.05) is 47.9 Å². The third kappa shape index (κ3) is 4.35. The summed E-state index contributed by atoms with van der Waals surface area (Å²) in [5.74, 6) is -0.271. The molecule has 0 bridgehead atoms. The van der Waals surface area contributed by atoms with Crippen molar-refractivity contribution in [2.24, 2.45) is 5.10 Å². The molecule has 5 aromatic rings. The Morgan fingerprint density at radius 2 is 1.58 bits per heavy atom. The van der Waals surface area contributed by atoms with Crippen LogP contribution in [0.25, 0.3) is 27.5 Å². The lowest BCUT2D eigenvalue weighted by Gasteiger charge is -2.14. The topological polar surface area (TPSA) is 68.4 Å². The lowest BCUT2D eigenvalue weighted by molar-refractivity contribution is -0.121. The first-order valence-electron chi connectivity index (χ1n) is 11.6. The fraction of sp³-hybridized carbons (Fsp3) is 0.138. The molecule has 0 atom stereocenters. The zero-order valence-corrected chi connectivity index (χ0v) is 22.4. The van der Waals surface area contributed by atoms with Crippen LogP contribution >= 0.6 is 22.6 Å². The lowest BCUT2D eigenvalue weighted by Crippen LogP contribution is -2.25. The average Bonchev–Trinajstić information content (AvgIpc) is 3.16. The fourth-order valence-corrected chi connectivity index (χ4v) is 5.02. The van der Waals surface area contributed by atoms with Crippen LogP contribution in [0.4, 0.5) is 0 Å². The van der Waals surface area contributed by atoms with E-state index in [1.165, 1.54) is 9.13 Å². The van der Waals surface area contributed by atoms with Crippen LogP contribution in [-0.2, 0) is 11.3 Å². The molecule has 36 heavy (non-hydrogen) atoms. The maximum atomic E-state index is 12.9. The van der Waals surface area contributed by atoms with Crippen molar-refractivity contribution in [3.63, 3.8) is 0 Å². The third-order valence-corrected chi connectivity index (χ3v) is 7.65. The number of para-hydroxylation sites is 2. The second-order valence-corrected chi connectivity index (χ2v) is 10.0. The predicted octanol–water partition coefficient (Wildman–Crippen LogP) is 5.63. The minimum atomic E-state index is -0.271. The zero-order valence-electron chi connectivity index (χ0n) is 20.2. The molecule has 0 radical (unpaired) electrons. The van der Waals surface area contributed by atoms with Gasteiger partial charge in [-0.25, -0.2) is 5.43 Å². The first-order chi connectivity index (χ1) is 17.3. The van der Waals surface area contributed by atoms with Gasteiger partial charge >= 0.3 is 0 Å². The molecule has 0 aliphatic heterocycles. The van der Waals surface area contributed by atoms with Crippen molar-refractivity contribution < 1.29 is 4.79 Å². The second kappa shape index (κ2) is 9.73. The first-order valence-corrected chi connectivity index (χ1v) is 12.7. The molecule has 0 saturated heterocycles. The standard InChI is InChI=1S/C29H25IN4O2/c1-18-14-22(12-13-25(18)30)34-19(2)15-21(20(34)3)16-31-32-28(35)17-33-26-10-6-4-8-23(26)29(36)24-9-5-7-11-27(24)33/h4-16H,17H2,1-3H3,(H,32,35). The van der Waals surface area contributed by atoms with Crippen molar-refractivity contribution in [3.8, 4) is 5.69 Å². The van der Waals surface area contributed by atoms with Crippen LogP contribution in [0.2, 0.25) is 0 Å². The number of pyridine rings is 1. The molecule has 0 unspecified atom stereocenters. The fourth-order valence-electron chi connectivity index (χ4n) is 4.68. The molecule has 0 spiro atoms. The summed E-state index contributed by atoms with van der Waals surface area (Å²) < 4.78 is 5.28. The molecule has 5 rings (SSSR count).